The van der Waals surface area contributed by atoms with Gasteiger partial charge in [0.05, 0.1) is 19.3 Å². The summed E-state index contributed by atoms with van der Waals surface area (Å²) in [5, 5.41) is 12.9. The van der Waals surface area contributed by atoms with E-state index in [1.165, 1.54) is 6.20 Å². The van der Waals surface area contributed by atoms with Gasteiger partial charge >= 0.3 is 6.03 Å². The quantitative estimate of drug-likeness (QED) is 0.811. The van der Waals surface area contributed by atoms with Crippen LogP contribution in [0.2, 0.25) is 0 Å². The Morgan fingerprint density at radius 2 is 2.14 bits per heavy atom. The number of nitrogens with one attached hydrogen (secondary N) is 1. The molecule has 0 unspecified atom stereocenters. The number of para-hydroxylation sites is 1. The SMILES string of the molecule is Cc1cccc(C(C)C)c1NC(=O)N=[S@](N)(=O)c1cnn2c1OCC(C)(C)C2. The van der Waals surface area contributed by atoms with E-state index < -0.39 is 15.9 Å². The molecular formula is C19H27N5O3S. The number of nitrogens with zero attached hydrogens (tertiary/aromatic N) is 3. The van der Waals surface area contributed by atoms with Crippen molar-refractivity contribution in [2.24, 2.45) is 14.9 Å². The molecule has 0 bridgehead atoms. The number of anilines is 1. The van der Waals surface area contributed by atoms with Crippen LogP contribution in [0.4, 0.5) is 10.5 Å². The maximum atomic E-state index is 13.0. The third-order valence-electron chi connectivity index (χ3n) is 4.63. The van der Waals surface area contributed by atoms with Crippen molar-refractivity contribution < 1.29 is 13.7 Å². The summed E-state index contributed by atoms with van der Waals surface area (Å²) >= 11 is 0. The number of aromatic nitrogens is 2. The van der Waals surface area contributed by atoms with Crippen molar-refractivity contribution in [1.82, 2.24) is 9.78 Å². The Morgan fingerprint density at radius 3 is 2.82 bits per heavy atom. The summed E-state index contributed by atoms with van der Waals surface area (Å²) < 4.78 is 24.1. The number of fused-ring (bicyclic) bond motifs is 1. The van der Waals surface area contributed by atoms with Crippen LogP contribution in [0.1, 0.15) is 44.7 Å². The van der Waals surface area contributed by atoms with Crippen LogP contribution in [0.25, 0.3) is 0 Å². The van der Waals surface area contributed by atoms with Crippen LogP contribution < -0.4 is 15.2 Å². The average molecular weight is 406 g/mol. The first kappa shape index (κ1) is 20.3. The number of hydrogen-bond acceptors (Lipinski definition) is 4. The molecule has 1 aromatic carbocycles. The molecule has 3 N–H and O–H groups in total. The predicted molar refractivity (Wildman–Crippen MR) is 109 cm³/mol. The zero-order valence-electron chi connectivity index (χ0n) is 16.9. The number of rotatable bonds is 3. The molecule has 0 spiro atoms. The second-order valence-electron chi connectivity index (χ2n) is 8.21. The number of benzene rings is 1. The highest BCUT2D eigenvalue weighted by Gasteiger charge is 2.32. The third kappa shape index (κ3) is 4.05. The lowest BCUT2D eigenvalue weighted by molar-refractivity contribution is 0.0972. The molecule has 0 aliphatic carbocycles. The van der Waals surface area contributed by atoms with Gasteiger partial charge in [0.25, 0.3) is 0 Å². The van der Waals surface area contributed by atoms with Crippen molar-refractivity contribution >= 4 is 21.6 Å². The Morgan fingerprint density at radius 1 is 1.43 bits per heavy atom. The lowest BCUT2D eigenvalue weighted by Crippen LogP contribution is -2.33. The van der Waals surface area contributed by atoms with Crippen LogP contribution in [0, 0.1) is 12.3 Å². The van der Waals surface area contributed by atoms with E-state index in [1.54, 1.807) is 4.68 Å². The van der Waals surface area contributed by atoms with Gasteiger partial charge in [-0.15, -0.1) is 4.36 Å². The van der Waals surface area contributed by atoms with Gasteiger partial charge in [-0.2, -0.15) is 5.10 Å². The predicted octanol–water partition coefficient (Wildman–Crippen LogP) is 3.67. The lowest BCUT2D eigenvalue weighted by atomic mass is 9.94. The molecule has 2 amide bonds. The van der Waals surface area contributed by atoms with Gasteiger partial charge in [0.15, 0.2) is 9.92 Å². The number of urea groups is 1. The number of carbonyl (C=O) groups is 1. The molecule has 1 atom stereocenters. The first-order chi connectivity index (χ1) is 13.0. The summed E-state index contributed by atoms with van der Waals surface area (Å²) in [6.07, 6.45) is 1.36. The Hall–Kier alpha value is -2.39. The zero-order valence-corrected chi connectivity index (χ0v) is 17.7. The fourth-order valence-electron chi connectivity index (χ4n) is 3.18. The number of hydrogen-bond donors (Lipinski definition) is 2. The first-order valence-electron chi connectivity index (χ1n) is 9.14. The molecule has 1 aliphatic rings. The molecule has 152 valence electrons. The highest BCUT2D eigenvalue weighted by molar-refractivity contribution is 7.91. The van der Waals surface area contributed by atoms with Crippen LogP contribution >= 0.6 is 0 Å². The van der Waals surface area contributed by atoms with Gasteiger partial charge < -0.3 is 10.1 Å². The summed E-state index contributed by atoms with van der Waals surface area (Å²) in [5.41, 5.74) is 2.43. The average Bonchev–Trinajstić information content (AvgIpc) is 2.98. The zero-order chi connectivity index (χ0) is 20.7. The second-order valence-corrected chi connectivity index (χ2v) is 9.97. The van der Waals surface area contributed by atoms with Gasteiger partial charge in [0, 0.05) is 11.1 Å². The molecule has 9 heteroatoms. The minimum absolute atomic E-state index is 0.0988. The van der Waals surface area contributed by atoms with Crippen LogP contribution in [-0.2, 0) is 16.5 Å². The Kier molecular flexibility index (Phi) is 5.24. The molecule has 1 aromatic heterocycles. The Balaban J connectivity index is 1.91. The molecule has 0 fully saturated rings. The summed E-state index contributed by atoms with van der Waals surface area (Å²) in [5.74, 6) is 0.513. The molecular weight excluding hydrogens is 378 g/mol. The minimum atomic E-state index is -3.51. The van der Waals surface area contributed by atoms with Crippen molar-refractivity contribution in [1.29, 1.82) is 0 Å². The van der Waals surface area contributed by atoms with Crippen LogP contribution in [0.15, 0.2) is 33.7 Å². The highest BCUT2D eigenvalue weighted by Crippen LogP contribution is 2.33. The van der Waals surface area contributed by atoms with Gasteiger partial charge in [-0.25, -0.2) is 18.8 Å². The van der Waals surface area contributed by atoms with Crippen LogP contribution in [-0.4, -0.2) is 26.6 Å². The van der Waals surface area contributed by atoms with Gasteiger partial charge in [0.1, 0.15) is 4.90 Å². The molecule has 3 rings (SSSR count). The van der Waals surface area contributed by atoms with Crippen molar-refractivity contribution in [3.05, 3.63) is 35.5 Å². The Bertz CT molecular complexity index is 1030. The van der Waals surface area contributed by atoms with Gasteiger partial charge in [0.2, 0.25) is 5.88 Å². The van der Waals surface area contributed by atoms with E-state index in [1.807, 2.05) is 52.8 Å². The number of carbonyl (C=O) groups excluding carboxylic acids is 1. The molecule has 0 saturated carbocycles. The summed E-state index contributed by atoms with van der Waals surface area (Å²) in [6, 6.07) is 5.00. The lowest BCUT2D eigenvalue weighted by Gasteiger charge is -2.30. The number of amides is 2. The van der Waals surface area contributed by atoms with E-state index in [-0.39, 0.29) is 16.2 Å². The van der Waals surface area contributed by atoms with E-state index in [9.17, 15) is 9.00 Å². The number of nitrogens with two attached hydrogens (primary N) is 1. The monoisotopic (exact) mass is 405 g/mol. The van der Waals surface area contributed by atoms with E-state index in [0.717, 1.165) is 11.1 Å². The summed E-state index contributed by atoms with van der Waals surface area (Å²) in [6.45, 7) is 11.1. The topological polar surface area (TPSA) is 112 Å². The second kappa shape index (κ2) is 7.21. The number of ether oxygens (including phenoxy) is 1. The molecule has 8 nitrogen and oxygen atoms in total. The smallest absolute Gasteiger partial charge is 0.354 e. The van der Waals surface area contributed by atoms with Crippen molar-refractivity contribution in [3.63, 3.8) is 0 Å². The maximum absolute atomic E-state index is 13.0. The molecule has 2 heterocycles. The van der Waals surface area contributed by atoms with E-state index >= 15 is 0 Å². The molecule has 0 radical (unpaired) electrons. The van der Waals surface area contributed by atoms with Gasteiger partial charge in [-0.05, 0) is 24.0 Å². The summed E-state index contributed by atoms with van der Waals surface area (Å²) in [4.78, 5) is 12.6. The normalized spacial score (nSPS) is 17.4. The first-order valence-corrected chi connectivity index (χ1v) is 10.7. The van der Waals surface area contributed by atoms with E-state index in [0.29, 0.717) is 24.7 Å². The highest BCUT2D eigenvalue weighted by atomic mass is 32.2. The maximum Gasteiger partial charge on any atom is 0.354 e. The standard InChI is InChI=1S/C19H27N5O3S/c1-12(2)14-8-6-7-13(3)16(14)22-18(25)23-28(20,26)15-9-21-24-10-19(4,5)11-27-17(15)24/h6-9,12H,10-11H2,1-5H3,(H3,20,22,23,25,26)/t28-/m0/s1. The Labute approximate surface area is 165 Å². The van der Waals surface area contributed by atoms with Crippen LogP contribution in [0.3, 0.4) is 0 Å². The molecule has 2 aromatic rings. The largest absolute Gasteiger partial charge is 0.476 e. The minimum Gasteiger partial charge on any atom is -0.476 e. The fourth-order valence-corrected chi connectivity index (χ4v) is 4.18. The van der Waals surface area contributed by atoms with Crippen molar-refractivity contribution in [2.45, 2.75) is 52.0 Å². The van der Waals surface area contributed by atoms with Crippen molar-refractivity contribution in [2.75, 3.05) is 11.9 Å². The molecule has 28 heavy (non-hydrogen) atoms. The molecule has 1 aliphatic heterocycles. The number of aryl methyl sites for hydroxylation is 1. The van der Waals surface area contributed by atoms with Gasteiger partial charge in [-0.3, -0.25) is 0 Å². The van der Waals surface area contributed by atoms with Gasteiger partial charge in [-0.1, -0.05) is 45.9 Å². The van der Waals surface area contributed by atoms with Crippen LogP contribution in [0.5, 0.6) is 5.88 Å². The van der Waals surface area contributed by atoms with E-state index in [2.05, 4.69) is 14.8 Å². The fraction of sp³-hybridized carbons (Fsp3) is 0.474. The third-order valence-corrected chi connectivity index (χ3v) is 5.98. The van der Waals surface area contributed by atoms with E-state index in [4.69, 9.17) is 9.88 Å². The van der Waals surface area contributed by atoms with Crippen molar-refractivity contribution in [3.8, 4) is 5.88 Å². The molecule has 0 saturated heterocycles. The summed E-state index contributed by atoms with van der Waals surface area (Å²) in [7, 11) is -3.51.